The van der Waals surface area contributed by atoms with Crippen molar-refractivity contribution in [2.75, 3.05) is 0 Å². The highest BCUT2D eigenvalue weighted by atomic mass is 16.4. The third kappa shape index (κ3) is 3.04. The zero-order valence-electron chi connectivity index (χ0n) is 12.8. The molecule has 5 nitrogen and oxygen atoms in total. The average molecular weight is 299 g/mol. The van der Waals surface area contributed by atoms with Gasteiger partial charge < -0.3 is 10.4 Å². The third-order valence-corrected chi connectivity index (χ3v) is 4.27. The molecule has 0 fully saturated rings. The van der Waals surface area contributed by atoms with Crippen LogP contribution in [0.5, 0.6) is 0 Å². The predicted molar refractivity (Wildman–Crippen MR) is 83.8 cm³/mol. The maximum Gasteiger partial charge on any atom is 0.335 e. The minimum atomic E-state index is -0.888. The summed E-state index contributed by atoms with van der Waals surface area (Å²) >= 11 is 0. The van der Waals surface area contributed by atoms with Gasteiger partial charge in [-0.3, -0.25) is 4.68 Å². The molecule has 0 aliphatic heterocycles. The van der Waals surface area contributed by atoms with Gasteiger partial charge in [0.15, 0.2) is 0 Å². The van der Waals surface area contributed by atoms with Crippen LogP contribution in [0.2, 0.25) is 0 Å². The summed E-state index contributed by atoms with van der Waals surface area (Å²) in [6.45, 7) is 1.51. The molecule has 22 heavy (non-hydrogen) atoms. The number of hydrogen-bond acceptors (Lipinski definition) is 3. The molecule has 0 amide bonds. The molecule has 0 radical (unpaired) electrons. The van der Waals surface area contributed by atoms with Gasteiger partial charge in [-0.2, -0.15) is 5.10 Å². The lowest BCUT2D eigenvalue weighted by Crippen LogP contribution is -2.17. The van der Waals surface area contributed by atoms with E-state index in [1.165, 1.54) is 29.8 Å². The summed E-state index contributed by atoms with van der Waals surface area (Å²) in [6.07, 6.45) is 4.72. The Bertz CT molecular complexity index is 674. The van der Waals surface area contributed by atoms with Crippen molar-refractivity contribution < 1.29 is 9.90 Å². The number of hydrogen-bond donors (Lipinski definition) is 2. The number of aromatic carboxylic acids is 1. The molecule has 0 saturated carbocycles. The summed E-state index contributed by atoms with van der Waals surface area (Å²) in [5.74, 6) is -0.888. The molecule has 2 N–H and O–H groups in total. The molecule has 0 saturated heterocycles. The topological polar surface area (TPSA) is 67.2 Å². The maximum absolute atomic E-state index is 10.8. The van der Waals surface area contributed by atoms with E-state index >= 15 is 0 Å². The smallest absolute Gasteiger partial charge is 0.335 e. The van der Waals surface area contributed by atoms with Crippen LogP contribution in [-0.2, 0) is 33.0 Å². The first-order valence-corrected chi connectivity index (χ1v) is 7.71. The lowest BCUT2D eigenvalue weighted by Gasteiger charge is -2.12. The Balaban J connectivity index is 1.61. The van der Waals surface area contributed by atoms with Gasteiger partial charge in [0.05, 0.1) is 17.0 Å². The van der Waals surface area contributed by atoms with E-state index in [1.807, 2.05) is 23.9 Å². The maximum atomic E-state index is 10.8. The minimum Gasteiger partial charge on any atom is -0.478 e. The van der Waals surface area contributed by atoms with E-state index in [9.17, 15) is 4.79 Å². The van der Waals surface area contributed by atoms with Gasteiger partial charge in [0.1, 0.15) is 0 Å². The Morgan fingerprint density at radius 3 is 2.68 bits per heavy atom. The quantitative estimate of drug-likeness (QED) is 0.889. The molecule has 1 aromatic heterocycles. The first-order valence-electron chi connectivity index (χ1n) is 7.71. The minimum absolute atomic E-state index is 0.324. The van der Waals surface area contributed by atoms with Crippen molar-refractivity contribution in [1.29, 1.82) is 0 Å². The number of aryl methyl sites for hydroxylation is 2. The molecule has 3 rings (SSSR count). The van der Waals surface area contributed by atoms with E-state index in [1.54, 1.807) is 12.1 Å². The fraction of sp³-hybridized carbons (Fsp3) is 0.412. The van der Waals surface area contributed by atoms with Crippen LogP contribution in [0, 0.1) is 0 Å². The van der Waals surface area contributed by atoms with Gasteiger partial charge in [-0.15, -0.1) is 0 Å². The molecule has 1 aromatic carbocycles. The van der Waals surface area contributed by atoms with Crippen LogP contribution < -0.4 is 5.32 Å². The second kappa shape index (κ2) is 6.32. The van der Waals surface area contributed by atoms with Crippen LogP contribution >= 0.6 is 0 Å². The second-order valence-electron chi connectivity index (χ2n) is 5.81. The first kappa shape index (κ1) is 14.8. The SMILES string of the molecule is Cn1nc2c(c1CNCc1ccc(C(=O)O)cc1)CCCC2. The van der Waals surface area contributed by atoms with E-state index in [0.717, 1.165) is 31.5 Å². The van der Waals surface area contributed by atoms with Crippen molar-refractivity contribution in [2.24, 2.45) is 7.05 Å². The second-order valence-corrected chi connectivity index (χ2v) is 5.81. The molecule has 0 unspecified atom stereocenters. The van der Waals surface area contributed by atoms with E-state index in [2.05, 4.69) is 10.4 Å². The van der Waals surface area contributed by atoms with Gasteiger partial charge in [-0.25, -0.2) is 4.79 Å². The van der Waals surface area contributed by atoms with Crippen molar-refractivity contribution in [1.82, 2.24) is 15.1 Å². The van der Waals surface area contributed by atoms with Gasteiger partial charge in [-0.1, -0.05) is 12.1 Å². The third-order valence-electron chi connectivity index (χ3n) is 4.27. The lowest BCUT2D eigenvalue weighted by atomic mass is 9.96. The molecule has 0 atom stereocenters. The number of nitrogens with zero attached hydrogens (tertiary/aromatic N) is 2. The van der Waals surface area contributed by atoms with Crippen LogP contribution in [0.25, 0.3) is 0 Å². The molecule has 2 aromatic rings. The molecular weight excluding hydrogens is 278 g/mol. The monoisotopic (exact) mass is 299 g/mol. The largest absolute Gasteiger partial charge is 0.478 e. The molecule has 1 aliphatic rings. The van der Waals surface area contributed by atoms with Gasteiger partial charge in [0.25, 0.3) is 0 Å². The molecule has 0 spiro atoms. The van der Waals surface area contributed by atoms with Gasteiger partial charge in [0.2, 0.25) is 0 Å². The fourth-order valence-electron chi connectivity index (χ4n) is 3.06. The van der Waals surface area contributed by atoms with Crippen LogP contribution in [0.15, 0.2) is 24.3 Å². The highest BCUT2D eigenvalue weighted by molar-refractivity contribution is 5.87. The normalized spacial score (nSPS) is 13.9. The Morgan fingerprint density at radius 2 is 1.95 bits per heavy atom. The number of nitrogens with one attached hydrogen (secondary N) is 1. The van der Waals surface area contributed by atoms with E-state index in [4.69, 9.17) is 5.11 Å². The Kier molecular flexibility index (Phi) is 4.24. The summed E-state index contributed by atoms with van der Waals surface area (Å²) in [4.78, 5) is 10.8. The molecular formula is C17H21N3O2. The number of carboxylic acids is 1. The molecule has 0 bridgehead atoms. The summed E-state index contributed by atoms with van der Waals surface area (Å²) < 4.78 is 2.00. The van der Waals surface area contributed by atoms with Crippen LogP contribution in [-0.4, -0.2) is 20.9 Å². The van der Waals surface area contributed by atoms with Gasteiger partial charge >= 0.3 is 5.97 Å². The fourth-order valence-corrected chi connectivity index (χ4v) is 3.06. The number of carbonyl (C=O) groups is 1. The Morgan fingerprint density at radius 1 is 1.23 bits per heavy atom. The number of benzene rings is 1. The molecule has 1 aliphatic carbocycles. The number of aromatic nitrogens is 2. The molecule has 116 valence electrons. The Labute approximate surface area is 130 Å². The van der Waals surface area contributed by atoms with Gasteiger partial charge in [-0.05, 0) is 48.9 Å². The van der Waals surface area contributed by atoms with Crippen molar-refractivity contribution in [3.63, 3.8) is 0 Å². The summed E-state index contributed by atoms with van der Waals surface area (Å²) in [5, 5.41) is 16.9. The van der Waals surface area contributed by atoms with E-state index in [-0.39, 0.29) is 0 Å². The molecule has 5 heteroatoms. The van der Waals surface area contributed by atoms with Crippen LogP contribution in [0.3, 0.4) is 0 Å². The Hall–Kier alpha value is -2.14. The van der Waals surface area contributed by atoms with Crippen molar-refractivity contribution in [2.45, 2.75) is 38.8 Å². The number of rotatable bonds is 5. The average Bonchev–Trinajstić information content (AvgIpc) is 2.84. The zero-order chi connectivity index (χ0) is 15.5. The summed E-state index contributed by atoms with van der Waals surface area (Å²) in [5.41, 5.74) is 5.36. The zero-order valence-corrected chi connectivity index (χ0v) is 12.8. The standard InChI is InChI=1S/C17H21N3O2/c1-20-16(14-4-2-3-5-15(14)19-20)11-18-10-12-6-8-13(9-7-12)17(21)22/h6-9,18H,2-5,10-11H2,1H3,(H,21,22). The summed E-state index contributed by atoms with van der Waals surface area (Å²) in [7, 11) is 2.01. The van der Waals surface area contributed by atoms with Crippen molar-refractivity contribution >= 4 is 5.97 Å². The highest BCUT2D eigenvalue weighted by Crippen LogP contribution is 2.23. The summed E-state index contributed by atoms with van der Waals surface area (Å²) in [6, 6.07) is 7.00. The lowest BCUT2D eigenvalue weighted by molar-refractivity contribution is 0.0697. The molecule has 1 heterocycles. The van der Waals surface area contributed by atoms with Crippen molar-refractivity contribution in [3.8, 4) is 0 Å². The van der Waals surface area contributed by atoms with Crippen LogP contribution in [0.1, 0.15) is 45.7 Å². The highest BCUT2D eigenvalue weighted by Gasteiger charge is 2.18. The van der Waals surface area contributed by atoms with Gasteiger partial charge in [0, 0.05) is 20.1 Å². The van der Waals surface area contributed by atoms with Crippen molar-refractivity contribution in [3.05, 3.63) is 52.3 Å². The van der Waals surface area contributed by atoms with E-state index < -0.39 is 5.97 Å². The predicted octanol–water partition coefficient (Wildman–Crippen LogP) is 2.29. The van der Waals surface area contributed by atoms with Crippen LogP contribution in [0.4, 0.5) is 0 Å². The number of fused-ring (bicyclic) bond motifs is 1. The number of carboxylic acid groups (broad SMARTS) is 1. The first-order chi connectivity index (χ1) is 10.6. The van der Waals surface area contributed by atoms with E-state index in [0.29, 0.717) is 5.56 Å².